The molecule has 3 rings (SSSR count). The average Bonchev–Trinajstić information content (AvgIpc) is 3.29. The Morgan fingerprint density at radius 1 is 1.38 bits per heavy atom. The molecule has 1 N–H and O–H groups in total. The molecule has 2 heterocycles. The van der Waals surface area contributed by atoms with Gasteiger partial charge in [-0.3, -0.25) is 9.48 Å². The summed E-state index contributed by atoms with van der Waals surface area (Å²) in [7, 11) is 0. The number of rotatable bonds is 7. The molecule has 0 bridgehead atoms. The van der Waals surface area contributed by atoms with Crippen molar-refractivity contribution in [2.45, 2.75) is 33.0 Å². The summed E-state index contributed by atoms with van der Waals surface area (Å²) in [6.45, 7) is 5.15. The molecule has 0 saturated carbocycles. The van der Waals surface area contributed by atoms with Crippen LogP contribution in [-0.2, 0) is 13.2 Å². The van der Waals surface area contributed by atoms with Gasteiger partial charge in [-0.1, -0.05) is 17.7 Å². The summed E-state index contributed by atoms with van der Waals surface area (Å²) in [5.41, 5.74) is 1.80. The van der Waals surface area contributed by atoms with Crippen LogP contribution >= 0.6 is 22.9 Å². The SMILES string of the molecule is CCn1ccc(C(C)NC(=O)c2cc(COc3cccc(Cl)c3)cs2)n1. The second-order valence-electron chi connectivity index (χ2n) is 5.86. The van der Waals surface area contributed by atoms with Crippen LogP contribution < -0.4 is 10.1 Å². The minimum absolute atomic E-state index is 0.109. The van der Waals surface area contributed by atoms with Gasteiger partial charge in [-0.15, -0.1) is 11.3 Å². The number of nitrogens with one attached hydrogen (secondary N) is 1. The molecular weight excluding hydrogens is 370 g/mol. The first kappa shape index (κ1) is 18.5. The summed E-state index contributed by atoms with van der Waals surface area (Å²) in [6, 6.07) is 10.9. The fourth-order valence-electron chi connectivity index (χ4n) is 2.42. The third kappa shape index (κ3) is 4.65. The molecule has 2 aromatic heterocycles. The number of amides is 1. The lowest BCUT2D eigenvalue weighted by Crippen LogP contribution is -2.26. The number of nitrogens with zero attached hydrogens (tertiary/aromatic N) is 2. The van der Waals surface area contributed by atoms with E-state index in [1.54, 1.807) is 12.1 Å². The van der Waals surface area contributed by atoms with Gasteiger partial charge < -0.3 is 10.1 Å². The normalized spacial score (nSPS) is 12.0. The highest BCUT2D eigenvalue weighted by Gasteiger charge is 2.15. The third-order valence-electron chi connectivity index (χ3n) is 3.86. The average molecular weight is 390 g/mol. The number of aromatic nitrogens is 2. The Bertz CT molecular complexity index is 890. The van der Waals surface area contributed by atoms with Crippen molar-refractivity contribution in [3.63, 3.8) is 0 Å². The van der Waals surface area contributed by atoms with Gasteiger partial charge in [0.25, 0.3) is 5.91 Å². The van der Waals surface area contributed by atoms with Crippen molar-refractivity contribution in [2.75, 3.05) is 0 Å². The van der Waals surface area contributed by atoms with E-state index >= 15 is 0 Å². The minimum atomic E-state index is -0.149. The van der Waals surface area contributed by atoms with Crippen LogP contribution in [0, 0.1) is 0 Å². The molecule has 0 aliphatic heterocycles. The number of hydrogen-bond donors (Lipinski definition) is 1. The topological polar surface area (TPSA) is 56.2 Å². The molecular formula is C19H20ClN3O2S. The van der Waals surface area contributed by atoms with Gasteiger partial charge in [-0.05, 0) is 49.6 Å². The van der Waals surface area contributed by atoms with E-state index in [-0.39, 0.29) is 11.9 Å². The fourth-order valence-corrected chi connectivity index (χ4v) is 3.40. The maximum atomic E-state index is 12.4. The second-order valence-corrected chi connectivity index (χ2v) is 7.20. The number of aryl methyl sites for hydroxylation is 1. The van der Waals surface area contributed by atoms with Gasteiger partial charge >= 0.3 is 0 Å². The van der Waals surface area contributed by atoms with E-state index in [1.165, 1.54) is 11.3 Å². The van der Waals surface area contributed by atoms with Crippen LogP contribution in [-0.4, -0.2) is 15.7 Å². The predicted molar refractivity (Wildman–Crippen MR) is 104 cm³/mol. The maximum absolute atomic E-state index is 12.4. The Balaban J connectivity index is 1.57. The van der Waals surface area contributed by atoms with Crippen molar-refractivity contribution < 1.29 is 9.53 Å². The zero-order chi connectivity index (χ0) is 18.5. The third-order valence-corrected chi connectivity index (χ3v) is 5.07. The zero-order valence-electron chi connectivity index (χ0n) is 14.6. The summed E-state index contributed by atoms with van der Waals surface area (Å²) in [5, 5.41) is 9.97. The molecule has 0 aliphatic rings. The van der Waals surface area contributed by atoms with E-state index < -0.39 is 0 Å². The Morgan fingerprint density at radius 3 is 2.96 bits per heavy atom. The van der Waals surface area contributed by atoms with E-state index in [1.807, 2.05) is 54.4 Å². The Morgan fingerprint density at radius 2 is 2.23 bits per heavy atom. The number of carbonyl (C=O) groups is 1. The number of benzene rings is 1. The number of halogens is 1. The first-order chi connectivity index (χ1) is 12.5. The van der Waals surface area contributed by atoms with Crippen LogP contribution in [0.3, 0.4) is 0 Å². The highest BCUT2D eigenvalue weighted by atomic mass is 35.5. The predicted octanol–water partition coefficient (Wildman–Crippen LogP) is 4.69. The lowest BCUT2D eigenvalue weighted by molar-refractivity contribution is 0.0943. The molecule has 1 aromatic carbocycles. The summed E-state index contributed by atoms with van der Waals surface area (Å²) < 4.78 is 7.55. The zero-order valence-corrected chi connectivity index (χ0v) is 16.2. The highest BCUT2D eigenvalue weighted by Crippen LogP contribution is 2.21. The Kier molecular flexibility index (Phi) is 5.96. The summed E-state index contributed by atoms with van der Waals surface area (Å²) >= 11 is 7.34. The van der Waals surface area contributed by atoms with Crippen LogP contribution in [0.5, 0.6) is 5.75 Å². The Hall–Kier alpha value is -2.31. The standard InChI is InChI=1S/C19H20ClN3O2S/c1-3-23-8-7-17(22-23)13(2)21-19(24)18-9-14(12-26-18)11-25-16-6-4-5-15(20)10-16/h4-10,12-13H,3,11H2,1-2H3,(H,21,24). The first-order valence-corrected chi connectivity index (χ1v) is 9.61. The smallest absolute Gasteiger partial charge is 0.261 e. The van der Waals surface area contributed by atoms with Gasteiger partial charge in [0.05, 0.1) is 16.6 Å². The largest absolute Gasteiger partial charge is 0.489 e. The molecule has 0 aliphatic carbocycles. The molecule has 0 radical (unpaired) electrons. The van der Waals surface area contributed by atoms with Crippen molar-refractivity contribution in [1.82, 2.24) is 15.1 Å². The number of carbonyl (C=O) groups excluding carboxylic acids is 1. The molecule has 7 heteroatoms. The molecule has 0 saturated heterocycles. The highest BCUT2D eigenvalue weighted by molar-refractivity contribution is 7.12. The Labute approximate surface area is 161 Å². The quantitative estimate of drug-likeness (QED) is 0.637. The van der Waals surface area contributed by atoms with E-state index in [0.717, 1.165) is 17.8 Å². The van der Waals surface area contributed by atoms with E-state index in [4.69, 9.17) is 16.3 Å². The van der Waals surface area contributed by atoms with Crippen LogP contribution in [0.2, 0.25) is 5.02 Å². The lowest BCUT2D eigenvalue weighted by atomic mass is 10.2. The monoisotopic (exact) mass is 389 g/mol. The van der Waals surface area contributed by atoms with Crippen LogP contribution in [0.25, 0.3) is 0 Å². The van der Waals surface area contributed by atoms with Crippen molar-refractivity contribution >= 4 is 28.8 Å². The molecule has 1 amide bonds. The van der Waals surface area contributed by atoms with Gasteiger partial charge in [0, 0.05) is 23.3 Å². The van der Waals surface area contributed by atoms with Gasteiger partial charge in [0.15, 0.2) is 0 Å². The first-order valence-electron chi connectivity index (χ1n) is 8.35. The maximum Gasteiger partial charge on any atom is 0.261 e. The van der Waals surface area contributed by atoms with Crippen LogP contribution in [0.1, 0.15) is 40.8 Å². The van der Waals surface area contributed by atoms with Gasteiger partial charge in [0.2, 0.25) is 0 Å². The second kappa shape index (κ2) is 8.38. The van der Waals surface area contributed by atoms with Crippen LogP contribution in [0.4, 0.5) is 0 Å². The molecule has 3 aromatic rings. The molecule has 0 spiro atoms. The van der Waals surface area contributed by atoms with E-state index in [0.29, 0.717) is 22.3 Å². The summed E-state index contributed by atoms with van der Waals surface area (Å²) in [5.74, 6) is 0.595. The van der Waals surface area contributed by atoms with E-state index in [9.17, 15) is 4.79 Å². The van der Waals surface area contributed by atoms with Gasteiger partial charge in [-0.2, -0.15) is 5.10 Å². The minimum Gasteiger partial charge on any atom is -0.489 e. The summed E-state index contributed by atoms with van der Waals surface area (Å²) in [4.78, 5) is 13.1. The molecule has 136 valence electrons. The fraction of sp³-hybridized carbons (Fsp3) is 0.263. The summed E-state index contributed by atoms with van der Waals surface area (Å²) in [6.07, 6.45) is 1.91. The number of thiophene rings is 1. The van der Waals surface area contributed by atoms with Crippen molar-refractivity contribution in [2.24, 2.45) is 0 Å². The van der Waals surface area contributed by atoms with Crippen LogP contribution in [0.15, 0.2) is 48.0 Å². The van der Waals surface area contributed by atoms with Gasteiger partial charge in [-0.25, -0.2) is 0 Å². The molecule has 1 atom stereocenters. The number of hydrogen-bond acceptors (Lipinski definition) is 4. The molecule has 1 unspecified atom stereocenters. The van der Waals surface area contributed by atoms with Crippen molar-refractivity contribution in [1.29, 1.82) is 0 Å². The molecule has 5 nitrogen and oxygen atoms in total. The van der Waals surface area contributed by atoms with Crippen molar-refractivity contribution in [3.05, 3.63) is 69.1 Å². The number of ether oxygens (including phenoxy) is 1. The van der Waals surface area contributed by atoms with Gasteiger partial charge in [0.1, 0.15) is 12.4 Å². The lowest BCUT2D eigenvalue weighted by Gasteiger charge is -2.10. The molecule has 0 fully saturated rings. The van der Waals surface area contributed by atoms with E-state index in [2.05, 4.69) is 10.4 Å². The van der Waals surface area contributed by atoms with Crippen molar-refractivity contribution in [3.8, 4) is 5.75 Å². The molecule has 26 heavy (non-hydrogen) atoms.